The van der Waals surface area contributed by atoms with Gasteiger partial charge in [0.15, 0.2) is 17.5 Å². The Balaban J connectivity index is 1.72. The summed E-state index contributed by atoms with van der Waals surface area (Å²) < 4.78 is 52.6. The molecule has 3 aromatic heterocycles. The van der Waals surface area contributed by atoms with Crippen LogP contribution in [0.15, 0.2) is 24.7 Å². The van der Waals surface area contributed by atoms with Crippen molar-refractivity contribution in [3.63, 3.8) is 0 Å². The van der Waals surface area contributed by atoms with E-state index in [9.17, 15) is 22.4 Å². The topological polar surface area (TPSA) is 86.8 Å². The standard InChI is InChI=1S/C20H19ClF4N6O/c1-2-11-3-4-15(19(32)29-9-20(23,24)25)31(11)18-14(22)8-28-17(30-18)13-7-27-16-12(13)5-10(21)6-26-16/h5-8,11,15H,2-4,9H2,1H3,(H,26,27)(H,29,32)/t11-,15+/m0/s1. The number of fused-ring (bicyclic) bond motifs is 1. The van der Waals surface area contributed by atoms with Crippen molar-refractivity contribution < 1.29 is 22.4 Å². The molecule has 0 aliphatic carbocycles. The molecule has 0 saturated carbocycles. The Morgan fingerprint density at radius 2 is 2.09 bits per heavy atom. The van der Waals surface area contributed by atoms with E-state index in [0.29, 0.717) is 34.5 Å². The number of hydrogen-bond donors (Lipinski definition) is 2. The van der Waals surface area contributed by atoms with Gasteiger partial charge in [-0.05, 0) is 25.3 Å². The van der Waals surface area contributed by atoms with Crippen molar-refractivity contribution in [1.29, 1.82) is 0 Å². The number of rotatable bonds is 5. The van der Waals surface area contributed by atoms with E-state index in [1.807, 2.05) is 12.2 Å². The van der Waals surface area contributed by atoms with Crippen molar-refractivity contribution >= 4 is 34.4 Å². The van der Waals surface area contributed by atoms with Gasteiger partial charge in [-0.2, -0.15) is 13.2 Å². The van der Waals surface area contributed by atoms with Gasteiger partial charge in [0, 0.05) is 29.4 Å². The Hall–Kier alpha value is -2.95. The van der Waals surface area contributed by atoms with Gasteiger partial charge in [-0.15, -0.1) is 0 Å². The van der Waals surface area contributed by atoms with Crippen LogP contribution in [0.1, 0.15) is 26.2 Å². The number of pyridine rings is 1. The maximum absolute atomic E-state index is 14.8. The Morgan fingerprint density at radius 3 is 2.81 bits per heavy atom. The molecule has 0 bridgehead atoms. The van der Waals surface area contributed by atoms with E-state index >= 15 is 0 Å². The molecule has 0 radical (unpaired) electrons. The van der Waals surface area contributed by atoms with Crippen LogP contribution in [-0.2, 0) is 4.79 Å². The first-order chi connectivity index (χ1) is 15.2. The lowest BCUT2D eigenvalue weighted by Gasteiger charge is -2.30. The van der Waals surface area contributed by atoms with Gasteiger partial charge in [-0.25, -0.2) is 19.3 Å². The molecule has 1 saturated heterocycles. The number of H-pyrrole nitrogens is 1. The van der Waals surface area contributed by atoms with Gasteiger partial charge in [0.05, 0.1) is 11.2 Å². The van der Waals surface area contributed by atoms with Crippen LogP contribution < -0.4 is 10.2 Å². The van der Waals surface area contributed by atoms with Crippen molar-refractivity contribution in [2.24, 2.45) is 0 Å². The SMILES string of the molecule is CC[C@H]1CC[C@H](C(=O)NCC(F)(F)F)N1c1nc(-c2c[nH]c3ncc(Cl)cc23)ncc1F. The summed E-state index contributed by atoms with van der Waals surface area (Å²) in [6.07, 6.45) is 0.903. The highest BCUT2D eigenvalue weighted by molar-refractivity contribution is 6.31. The number of nitrogens with one attached hydrogen (secondary N) is 2. The van der Waals surface area contributed by atoms with E-state index in [2.05, 4.69) is 19.9 Å². The largest absolute Gasteiger partial charge is 0.405 e. The molecule has 0 aromatic carbocycles. The molecule has 7 nitrogen and oxygen atoms in total. The van der Waals surface area contributed by atoms with Crippen LogP contribution in [0.3, 0.4) is 0 Å². The zero-order valence-corrected chi connectivity index (χ0v) is 17.6. The van der Waals surface area contributed by atoms with Crippen molar-refractivity contribution in [2.75, 3.05) is 11.4 Å². The van der Waals surface area contributed by atoms with Gasteiger partial charge in [-0.1, -0.05) is 18.5 Å². The molecule has 0 spiro atoms. The van der Waals surface area contributed by atoms with Crippen LogP contribution in [0.5, 0.6) is 0 Å². The van der Waals surface area contributed by atoms with Crippen LogP contribution in [0, 0.1) is 5.82 Å². The van der Waals surface area contributed by atoms with E-state index in [4.69, 9.17) is 11.6 Å². The number of anilines is 1. The Labute approximate surface area is 185 Å². The first-order valence-electron chi connectivity index (χ1n) is 9.96. The number of aromatic amines is 1. The van der Waals surface area contributed by atoms with E-state index in [1.54, 1.807) is 12.3 Å². The Kier molecular flexibility index (Phi) is 5.93. The third-order valence-electron chi connectivity index (χ3n) is 5.45. The second-order valence-electron chi connectivity index (χ2n) is 7.51. The van der Waals surface area contributed by atoms with E-state index in [0.717, 1.165) is 6.20 Å². The summed E-state index contributed by atoms with van der Waals surface area (Å²) in [5.74, 6) is -1.54. The number of carbonyl (C=O) groups excluding carboxylic acids is 1. The minimum atomic E-state index is -4.54. The minimum Gasteiger partial charge on any atom is -0.345 e. The molecule has 4 rings (SSSR count). The summed E-state index contributed by atoms with van der Waals surface area (Å²) in [7, 11) is 0. The molecule has 3 aromatic rings. The normalized spacial score (nSPS) is 19.0. The minimum absolute atomic E-state index is 0.129. The molecule has 2 N–H and O–H groups in total. The maximum Gasteiger partial charge on any atom is 0.405 e. The first kappa shape index (κ1) is 22.3. The summed E-state index contributed by atoms with van der Waals surface area (Å²) in [5.41, 5.74) is 1.07. The average Bonchev–Trinajstić information content (AvgIpc) is 3.35. The van der Waals surface area contributed by atoms with Gasteiger partial charge < -0.3 is 15.2 Å². The lowest BCUT2D eigenvalue weighted by Crippen LogP contribution is -2.48. The highest BCUT2D eigenvalue weighted by atomic mass is 35.5. The molecule has 2 atom stereocenters. The number of halogens is 5. The van der Waals surface area contributed by atoms with Gasteiger partial charge in [0.25, 0.3) is 0 Å². The predicted octanol–water partition coefficient (Wildman–Crippen LogP) is 4.24. The highest BCUT2D eigenvalue weighted by Crippen LogP contribution is 2.35. The Morgan fingerprint density at radius 1 is 1.31 bits per heavy atom. The predicted molar refractivity (Wildman–Crippen MR) is 111 cm³/mol. The summed E-state index contributed by atoms with van der Waals surface area (Å²) in [6, 6.07) is 0.437. The fraction of sp³-hybridized carbons (Fsp3) is 0.400. The molecule has 0 unspecified atom stereocenters. The van der Waals surface area contributed by atoms with Gasteiger partial charge in [-0.3, -0.25) is 4.79 Å². The summed E-state index contributed by atoms with van der Waals surface area (Å²) >= 11 is 6.04. The molecule has 4 heterocycles. The van der Waals surface area contributed by atoms with Crippen LogP contribution >= 0.6 is 11.6 Å². The van der Waals surface area contributed by atoms with Crippen LogP contribution in [-0.4, -0.2) is 50.6 Å². The fourth-order valence-corrected chi connectivity index (χ4v) is 4.16. The van der Waals surface area contributed by atoms with Crippen molar-refractivity contribution in [1.82, 2.24) is 25.3 Å². The van der Waals surface area contributed by atoms with E-state index < -0.39 is 30.5 Å². The summed E-state index contributed by atoms with van der Waals surface area (Å²) in [4.78, 5) is 29.6. The smallest absolute Gasteiger partial charge is 0.345 e. The first-order valence-corrected chi connectivity index (χ1v) is 10.3. The van der Waals surface area contributed by atoms with Crippen LogP contribution in [0.2, 0.25) is 5.02 Å². The van der Waals surface area contributed by atoms with Gasteiger partial charge >= 0.3 is 6.18 Å². The molecule has 32 heavy (non-hydrogen) atoms. The van der Waals surface area contributed by atoms with Crippen molar-refractivity contribution in [2.45, 2.75) is 44.4 Å². The molecule has 1 aliphatic heterocycles. The molecular formula is C20H19ClF4N6O. The zero-order chi connectivity index (χ0) is 23.0. The molecule has 12 heteroatoms. The van der Waals surface area contributed by atoms with E-state index in [-0.39, 0.29) is 24.1 Å². The number of amides is 1. The van der Waals surface area contributed by atoms with Gasteiger partial charge in [0.2, 0.25) is 5.91 Å². The monoisotopic (exact) mass is 470 g/mol. The second kappa shape index (κ2) is 8.53. The lowest BCUT2D eigenvalue weighted by molar-refractivity contribution is -0.139. The molecule has 1 fully saturated rings. The van der Waals surface area contributed by atoms with Gasteiger partial charge in [0.1, 0.15) is 18.2 Å². The second-order valence-corrected chi connectivity index (χ2v) is 7.95. The Bertz CT molecular complexity index is 1150. The fourth-order valence-electron chi connectivity index (χ4n) is 4.00. The molecular weight excluding hydrogens is 452 g/mol. The number of carbonyl (C=O) groups is 1. The van der Waals surface area contributed by atoms with E-state index in [1.165, 1.54) is 11.1 Å². The number of alkyl halides is 3. The number of nitrogens with zero attached hydrogens (tertiary/aromatic N) is 4. The van der Waals surface area contributed by atoms with Crippen LogP contribution in [0.4, 0.5) is 23.4 Å². The highest BCUT2D eigenvalue weighted by Gasteiger charge is 2.40. The molecule has 1 amide bonds. The van der Waals surface area contributed by atoms with Crippen molar-refractivity contribution in [3.8, 4) is 11.4 Å². The third kappa shape index (κ3) is 4.34. The summed E-state index contributed by atoms with van der Waals surface area (Å²) in [6.45, 7) is 0.411. The van der Waals surface area contributed by atoms with Crippen LogP contribution in [0.25, 0.3) is 22.4 Å². The lowest BCUT2D eigenvalue weighted by atomic mass is 10.1. The molecule has 170 valence electrons. The number of hydrogen-bond acceptors (Lipinski definition) is 5. The number of aromatic nitrogens is 4. The maximum atomic E-state index is 14.8. The third-order valence-corrected chi connectivity index (χ3v) is 5.65. The molecule has 1 aliphatic rings. The average molecular weight is 471 g/mol. The quantitative estimate of drug-likeness (QED) is 0.545. The van der Waals surface area contributed by atoms with Crippen molar-refractivity contribution in [3.05, 3.63) is 35.5 Å². The zero-order valence-electron chi connectivity index (χ0n) is 16.9. The summed E-state index contributed by atoms with van der Waals surface area (Å²) in [5, 5.41) is 2.93.